The van der Waals surface area contributed by atoms with Crippen LogP contribution in [0.2, 0.25) is 0 Å². The molecule has 0 saturated carbocycles. The molecule has 0 aliphatic rings. The highest BCUT2D eigenvalue weighted by Crippen LogP contribution is 2.05. The number of carbonyl (C=O) groups excluding carboxylic acids is 2. The molecule has 1 aromatic rings. The van der Waals surface area contributed by atoms with Crippen molar-refractivity contribution in [1.82, 2.24) is 14.8 Å². The lowest BCUT2D eigenvalue weighted by molar-refractivity contribution is -0.132. The van der Waals surface area contributed by atoms with Gasteiger partial charge in [0.1, 0.15) is 12.2 Å². The molecule has 2 N–H and O–H groups in total. The van der Waals surface area contributed by atoms with E-state index >= 15 is 0 Å². The molecule has 0 radical (unpaired) electrons. The Hall–Kier alpha value is -2.31. The third-order valence-corrected chi connectivity index (χ3v) is 3.02. The average Bonchev–Trinajstić information content (AvgIpc) is 2.85. The Morgan fingerprint density at radius 1 is 1.45 bits per heavy atom. The normalized spacial score (nSPS) is 11.8. The fourth-order valence-electron chi connectivity index (χ4n) is 1.85. The number of carboxylic acids is 1. The highest BCUT2D eigenvalue weighted by atomic mass is 16.4. The highest BCUT2D eigenvalue weighted by molar-refractivity contribution is 5.87. The van der Waals surface area contributed by atoms with Crippen molar-refractivity contribution in [3.8, 4) is 0 Å². The van der Waals surface area contributed by atoms with Crippen molar-refractivity contribution in [3.63, 3.8) is 0 Å². The Morgan fingerprint density at radius 3 is 2.65 bits per heavy atom. The first-order chi connectivity index (χ1) is 9.36. The lowest BCUT2D eigenvalue weighted by Crippen LogP contribution is -2.38. The zero-order valence-corrected chi connectivity index (χ0v) is 11.8. The van der Waals surface area contributed by atoms with Crippen LogP contribution >= 0.6 is 0 Å². The molecular formula is C13H19N3O4. The van der Waals surface area contributed by atoms with Crippen LogP contribution in [0.25, 0.3) is 0 Å². The van der Waals surface area contributed by atoms with Gasteiger partial charge in [-0.1, -0.05) is 6.92 Å². The van der Waals surface area contributed by atoms with E-state index in [0.29, 0.717) is 0 Å². The molecule has 1 rings (SSSR count). The summed E-state index contributed by atoms with van der Waals surface area (Å²) in [5.41, 5.74) is 0.0612. The number of rotatable bonds is 6. The monoisotopic (exact) mass is 281 g/mol. The van der Waals surface area contributed by atoms with Crippen molar-refractivity contribution in [2.45, 2.75) is 13.5 Å². The number of aromatic carboxylic acids is 1. The van der Waals surface area contributed by atoms with Crippen molar-refractivity contribution in [3.05, 3.63) is 24.0 Å². The Labute approximate surface area is 117 Å². The van der Waals surface area contributed by atoms with Gasteiger partial charge < -0.3 is 19.9 Å². The van der Waals surface area contributed by atoms with Crippen molar-refractivity contribution >= 4 is 17.8 Å². The first kappa shape index (κ1) is 15.7. The van der Waals surface area contributed by atoms with Crippen LogP contribution in [0.15, 0.2) is 18.3 Å². The van der Waals surface area contributed by atoms with E-state index in [0.717, 1.165) is 0 Å². The molecule has 0 aliphatic heterocycles. The topological polar surface area (TPSA) is 91.6 Å². The molecule has 2 amide bonds. The number of likely N-dealkylation sites (N-methyl/N-ethyl adjacent to an activating group) is 1. The van der Waals surface area contributed by atoms with Gasteiger partial charge in [0.15, 0.2) is 0 Å². The molecule has 7 nitrogen and oxygen atoms in total. The summed E-state index contributed by atoms with van der Waals surface area (Å²) in [5, 5.41) is 11.5. The van der Waals surface area contributed by atoms with Gasteiger partial charge in [-0.3, -0.25) is 9.59 Å². The van der Waals surface area contributed by atoms with Gasteiger partial charge in [-0.25, -0.2) is 4.79 Å². The molecule has 1 atom stereocenters. The minimum absolute atomic E-state index is 0.0612. The summed E-state index contributed by atoms with van der Waals surface area (Å²) in [6.07, 6.45) is 1.54. The van der Waals surface area contributed by atoms with E-state index in [9.17, 15) is 14.4 Å². The Kier molecular flexibility index (Phi) is 5.31. The Morgan fingerprint density at radius 2 is 2.10 bits per heavy atom. The SMILES string of the molecule is CNC(=O)C(C)CN(C)C(=O)Cn1cccc1C(=O)O. The number of hydrogen-bond acceptors (Lipinski definition) is 3. The second kappa shape index (κ2) is 6.74. The summed E-state index contributed by atoms with van der Waals surface area (Å²) in [7, 11) is 3.13. The number of aromatic nitrogens is 1. The van der Waals surface area contributed by atoms with Gasteiger partial charge in [0.05, 0.1) is 5.92 Å². The van der Waals surface area contributed by atoms with Gasteiger partial charge in [0.25, 0.3) is 0 Å². The van der Waals surface area contributed by atoms with Gasteiger partial charge >= 0.3 is 5.97 Å². The van der Waals surface area contributed by atoms with Crippen molar-refractivity contribution < 1.29 is 19.5 Å². The summed E-state index contributed by atoms with van der Waals surface area (Å²) in [4.78, 5) is 35.8. The van der Waals surface area contributed by atoms with Gasteiger partial charge in [-0.05, 0) is 12.1 Å². The third kappa shape index (κ3) is 3.84. The average molecular weight is 281 g/mol. The lowest BCUT2D eigenvalue weighted by Gasteiger charge is -2.21. The summed E-state index contributed by atoms with van der Waals surface area (Å²) < 4.78 is 1.37. The van der Waals surface area contributed by atoms with Crippen LogP contribution in [-0.4, -0.2) is 53.0 Å². The quantitative estimate of drug-likeness (QED) is 0.769. The standard InChI is InChI=1S/C13H19N3O4/c1-9(12(18)14-2)7-15(3)11(17)8-16-6-4-5-10(16)13(19)20/h4-6,9H,7-8H2,1-3H3,(H,14,18)(H,19,20). The van der Waals surface area contributed by atoms with Crippen LogP contribution in [0.4, 0.5) is 0 Å². The van der Waals surface area contributed by atoms with Gasteiger partial charge in [-0.15, -0.1) is 0 Å². The van der Waals surface area contributed by atoms with Gasteiger partial charge in [-0.2, -0.15) is 0 Å². The fourth-order valence-corrected chi connectivity index (χ4v) is 1.85. The molecule has 0 spiro atoms. The largest absolute Gasteiger partial charge is 0.477 e. The Bertz CT molecular complexity index is 509. The van der Waals surface area contributed by atoms with Gasteiger partial charge in [0, 0.05) is 26.8 Å². The summed E-state index contributed by atoms with van der Waals surface area (Å²) >= 11 is 0. The summed E-state index contributed by atoms with van der Waals surface area (Å²) in [6.45, 7) is 1.94. The maximum Gasteiger partial charge on any atom is 0.352 e. The molecule has 0 aromatic carbocycles. The zero-order valence-electron chi connectivity index (χ0n) is 11.8. The number of carboxylic acid groups (broad SMARTS) is 1. The predicted molar refractivity (Wildman–Crippen MR) is 72.3 cm³/mol. The summed E-state index contributed by atoms with van der Waals surface area (Å²) in [5.74, 6) is -1.79. The minimum atomic E-state index is -1.08. The first-order valence-corrected chi connectivity index (χ1v) is 6.20. The first-order valence-electron chi connectivity index (χ1n) is 6.20. The van der Waals surface area contributed by atoms with Crippen LogP contribution in [0.3, 0.4) is 0 Å². The van der Waals surface area contributed by atoms with Crippen LogP contribution in [0.5, 0.6) is 0 Å². The number of nitrogens with zero attached hydrogens (tertiary/aromatic N) is 2. The lowest BCUT2D eigenvalue weighted by atomic mass is 10.1. The molecule has 7 heteroatoms. The van der Waals surface area contributed by atoms with Crippen molar-refractivity contribution in [2.75, 3.05) is 20.6 Å². The maximum atomic E-state index is 12.0. The second-order valence-electron chi connectivity index (χ2n) is 4.62. The van der Waals surface area contributed by atoms with E-state index in [2.05, 4.69) is 5.32 Å². The van der Waals surface area contributed by atoms with E-state index in [1.165, 1.54) is 21.7 Å². The highest BCUT2D eigenvalue weighted by Gasteiger charge is 2.18. The predicted octanol–water partition coefficient (Wildman–Crippen LogP) is 0.0268. The number of carbonyl (C=O) groups is 3. The molecule has 0 fully saturated rings. The molecular weight excluding hydrogens is 262 g/mol. The number of nitrogens with one attached hydrogen (secondary N) is 1. The smallest absolute Gasteiger partial charge is 0.352 e. The molecule has 1 unspecified atom stereocenters. The van der Waals surface area contributed by atoms with E-state index < -0.39 is 5.97 Å². The van der Waals surface area contributed by atoms with Gasteiger partial charge in [0.2, 0.25) is 11.8 Å². The number of hydrogen-bond donors (Lipinski definition) is 2. The van der Waals surface area contributed by atoms with Crippen LogP contribution < -0.4 is 5.32 Å². The number of amides is 2. The Balaban J connectivity index is 2.64. The zero-order chi connectivity index (χ0) is 15.3. The second-order valence-corrected chi connectivity index (χ2v) is 4.62. The van der Waals surface area contributed by atoms with Crippen LogP contribution in [0.1, 0.15) is 17.4 Å². The van der Waals surface area contributed by atoms with E-state index in [-0.39, 0.29) is 36.5 Å². The van der Waals surface area contributed by atoms with E-state index in [4.69, 9.17) is 5.11 Å². The fraction of sp³-hybridized carbons (Fsp3) is 0.462. The molecule has 110 valence electrons. The molecule has 0 bridgehead atoms. The maximum absolute atomic E-state index is 12.0. The molecule has 1 heterocycles. The van der Waals surface area contributed by atoms with E-state index in [1.54, 1.807) is 27.1 Å². The van der Waals surface area contributed by atoms with Crippen molar-refractivity contribution in [1.29, 1.82) is 0 Å². The van der Waals surface area contributed by atoms with Crippen molar-refractivity contribution in [2.24, 2.45) is 5.92 Å². The van der Waals surface area contributed by atoms with Crippen LogP contribution in [-0.2, 0) is 16.1 Å². The summed E-state index contributed by atoms with van der Waals surface area (Å²) in [6, 6.07) is 3.01. The van der Waals surface area contributed by atoms with Crippen LogP contribution in [0, 0.1) is 5.92 Å². The van der Waals surface area contributed by atoms with E-state index in [1.807, 2.05) is 0 Å². The molecule has 1 aromatic heterocycles. The third-order valence-electron chi connectivity index (χ3n) is 3.02. The molecule has 0 saturated heterocycles. The molecule has 0 aliphatic carbocycles. The minimum Gasteiger partial charge on any atom is -0.477 e. The molecule has 20 heavy (non-hydrogen) atoms.